The van der Waals surface area contributed by atoms with Crippen molar-refractivity contribution in [3.8, 4) is 5.75 Å². The number of carbonyl (C=O) groups is 1. The Balaban J connectivity index is 2.26. The van der Waals surface area contributed by atoms with Crippen molar-refractivity contribution >= 4 is 5.78 Å². The summed E-state index contributed by atoms with van der Waals surface area (Å²) in [5, 5.41) is 21.3. The number of benzene rings is 1. The number of aliphatic hydroxyl groups is 1. The van der Waals surface area contributed by atoms with E-state index in [1.165, 1.54) is 0 Å². The van der Waals surface area contributed by atoms with E-state index in [4.69, 9.17) is 0 Å². The summed E-state index contributed by atoms with van der Waals surface area (Å²) in [5.74, 6) is 0.122. The molecule has 2 aliphatic rings. The number of Topliss-reactive ketones (excluding diaryl/α,β-unsaturated/α-hetero) is 1. The van der Waals surface area contributed by atoms with Gasteiger partial charge in [0.25, 0.3) is 0 Å². The lowest BCUT2D eigenvalue weighted by Gasteiger charge is -2.55. The highest BCUT2D eigenvalue weighted by molar-refractivity contribution is 6.03. The largest absolute Gasteiger partial charge is 0.508 e. The predicted molar refractivity (Wildman–Crippen MR) is 91.0 cm³/mol. The molecule has 0 unspecified atom stereocenters. The van der Waals surface area contributed by atoms with E-state index < -0.39 is 6.10 Å². The van der Waals surface area contributed by atoms with E-state index >= 15 is 0 Å². The molecule has 1 aromatic carbocycles. The highest BCUT2D eigenvalue weighted by Crippen LogP contribution is 2.57. The summed E-state index contributed by atoms with van der Waals surface area (Å²) >= 11 is 0. The van der Waals surface area contributed by atoms with Crippen LogP contribution >= 0.6 is 0 Å². The number of carbonyl (C=O) groups excluding carboxylic acids is 1. The van der Waals surface area contributed by atoms with Gasteiger partial charge in [-0.1, -0.05) is 41.0 Å². The van der Waals surface area contributed by atoms with Crippen molar-refractivity contribution in [3.05, 3.63) is 28.8 Å². The van der Waals surface area contributed by atoms with Gasteiger partial charge in [0.15, 0.2) is 5.78 Å². The molecule has 3 heteroatoms. The lowest BCUT2D eigenvalue weighted by atomic mass is 9.49. The monoisotopic (exact) mass is 316 g/mol. The van der Waals surface area contributed by atoms with Crippen LogP contribution in [0.1, 0.15) is 81.3 Å². The fourth-order valence-electron chi connectivity index (χ4n) is 5.22. The molecule has 0 heterocycles. The van der Waals surface area contributed by atoms with E-state index in [2.05, 4.69) is 20.8 Å². The summed E-state index contributed by atoms with van der Waals surface area (Å²) in [6.07, 6.45) is 2.09. The molecule has 3 atom stereocenters. The Hall–Kier alpha value is -1.35. The highest BCUT2D eigenvalue weighted by Gasteiger charge is 2.56. The lowest BCUT2D eigenvalue weighted by molar-refractivity contribution is -0.0389. The van der Waals surface area contributed by atoms with Gasteiger partial charge in [-0.25, -0.2) is 0 Å². The van der Waals surface area contributed by atoms with E-state index in [1.807, 2.05) is 19.9 Å². The van der Waals surface area contributed by atoms with Crippen LogP contribution in [-0.2, 0) is 5.41 Å². The molecule has 1 fully saturated rings. The summed E-state index contributed by atoms with van der Waals surface area (Å²) in [6.45, 7) is 10.5. The summed E-state index contributed by atoms with van der Waals surface area (Å²) in [6, 6.07) is 3.60. The van der Waals surface area contributed by atoms with Gasteiger partial charge in [0.2, 0.25) is 0 Å². The molecule has 0 spiro atoms. The van der Waals surface area contributed by atoms with E-state index in [1.54, 1.807) is 6.07 Å². The molecule has 23 heavy (non-hydrogen) atoms. The first-order valence-electron chi connectivity index (χ1n) is 8.69. The number of hydrogen-bond acceptors (Lipinski definition) is 3. The van der Waals surface area contributed by atoms with Gasteiger partial charge < -0.3 is 10.2 Å². The Kier molecular flexibility index (Phi) is 3.64. The predicted octanol–water partition coefficient (Wildman–Crippen LogP) is 4.16. The van der Waals surface area contributed by atoms with E-state index in [0.717, 1.165) is 30.4 Å². The third kappa shape index (κ3) is 2.24. The van der Waals surface area contributed by atoms with Gasteiger partial charge in [0.1, 0.15) is 11.9 Å². The first kappa shape index (κ1) is 16.5. The van der Waals surface area contributed by atoms with E-state index in [-0.39, 0.29) is 34.2 Å². The number of aliphatic hydroxyl groups excluding tert-OH is 1. The molecular weight excluding hydrogens is 288 g/mol. The Morgan fingerprint density at radius 1 is 1.17 bits per heavy atom. The lowest BCUT2D eigenvalue weighted by Crippen LogP contribution is -2.56. The molecule has 1 saturated carbocycles. The third-order valence-corrected chi connectivity index (χ3v) is 6.30. The number of rotatable bonds is 1. The molecule has 0 saturated heterocycles. The molecule has 0 aliphatic heterocycles. The fourth-order valence-corrected chi connectivity index (χ4v) is 5.22. The van der Waals surface area contributed by atoms with Gasteiger partial charge in [-0.2, -0.15) is 0 Å². The quantitative estimate of drug-likeness (QED) is 0.818. The molecule has 3 rings (SSSR count). The number of aromatic hydroxyl groups is 1. The molecule has 2 aliphatic carbocycles. The van der Waals surface area contributed by atoms with Crippen LogP contribution in [0, 0.1) is 11.3 Å². The topological polar surface area (TPSA) is 57.5 Å². The van der Waals surface area contributed by atoms with E-state index in [0.29, 0.717) is 5.56 Å². The van der Waals surface area contributed by atoms with Gasteiger partial charge in [-0.05, 0) is 52.8 Å². The minimum Gasteiger partial charge on any atom is -0.508 e. The molecule has 126 valence electrons. The number of phenolic OH excluding ortho intramolecular Hbond substituents is 1. The van der Waals surface area contributed by atoms with Crippen molar-refractivity contribution in [2.24, 2.45) is 11.3 Å². The molecule has 0 radical (unpaired) electrons. The molecular formula is C20H28O3. The Morgan fingerprint density at radius 2 is 1.83 bits per heavy atom. The van der Waals surface area contributed by atoms with Crippen molar-refractivity contribution in [1.29, 1.82) is 0 Å². The summed E-state index contributed by atoms with van der Waals surface area (Å²) in [5.41, 5.74) is 1.95. The van der Waals surface area contributed by atoms with Crippen molar-refractivity contribution in [3.63, 3.8) is 0 Å². The molecule has 0 bridgehead atoms. The highest BCUT2D eigenvalue weighted by atomic mass is 16.3. The van der Waals surface area contributed by atoms with Gasteiger partial charge in [-0.3, -0.25) is 4.79 Å². The first-order chi connectivity index (χ1) is 10.6. The van der Waals surface area contributed by atoms with Crippen LogP contribution in [0.25, 0.3) is 0 Å². The Morgan fingerprint density at radius 3 is 2.43 bits per heavy atom. The standard InChI is InChI=1S/C20H28O3/c1-11(2)12-9-13-14(10-15(12)21)20(5)8-6-7-19(3,4)18(20)17(23)16(13)22/h9-11,17-18,21,23H,6-8H2,1-5H3/t17-,18-,20-/m0/s1. The van der Waals surface area contributed by atoms with Crippen LogP contribution in [0.15, 0.2) is 12.1 Å². The van der Waals surface area contributed by atoms with Gasteiger partial charge in [-0.15, -0.1) is 0 Å². The maximum atomic E-state index is 12.9. The van der Waals surface area contributed by atoms with Crippen molar-refractivity contribution < 1.29 is 15.0 Å². The molecule has 3 nitrogen and oxygen atoms in total. The summed E-state index contributed by atoms with van der Waals surface area (Å²) < 4.78 is 0. The fraction of sp³-hybridized carbons (Fsp3) is 0.650. The third-order valence-electron chi connectivity index (χ3n) is 6.30. The average Bonchev–Trinajstić information content (AvgIpc) is 2.43. The van der Waals surface area contributed by atoms with Crippen molar-refractivity contribution in [1.82, 2.24) is 0 Å². The number of ketones is 1. The number of phenols is 1. The maximum Gasteiger partial charge on any atom is 0.191 e. The van der Waals surface area contributed by atoms with Crippen LogP contribution in [0.3, 0.4) is 0 Å². The van der Waals surface area contributed by atoms with Crippen molar-refractivity contribution in [2.45, 2.75) is 71.3 Å². The minimum atomic E-state index is -0.952. The second-order valence-corrected chi connectivity index (χ2v) is 8.66. The molecule has 0 aromatic heterocycles. The molecule has 0 amide bonds. The Bertz CT molecular complexity index is 659. The SMILES string of the molecule is CC(C)c1cc2c(cc1O)[C@]1(C)CCCC(C)(C)[C@@H]1[C@@H](O)C2=O. The normalized spacial score (nSPS) is 32.6. The second-order valence-electron chi connectivity index (χ2n) is 8.66. The zero-order chi connectivity index (χ0) is 17.2. The van der Waals surface area contributed by atoms with Gasteiger partial charge in [0, 0.05) is 11.5 Å². The van der Waals surface area contributed by atoms with Crippen LogP contribution in [-0.4, -0.2) is 22.1 Å². The second kappa shape index (κ2) is 5.07. The smallest absolute Gasteiger partial charge is 0.191 e. The number of fused-ring (bicyclic) bond motifs is 3. The number of hydrogen-bond donors (Lipinski definition) is 2. The van der Waals surface area contributed by atoms with Crippen LogP contribution in [0.5, 0.6) is 5.75 Å². The molecule has 2 N–H and O–H groups in total. The first-order valence-corrected chi connectivity index (χ1v) is 8.69. The minimum absolute atomic E-state index is 0.0912. The van der Waals surface area contributed by atoms with Gasteiger partial charge >= 0.3 is 0 Å². The Labute approximate surface area is 138 Å². The maximum absolute atomic E-state index is 12.9. The van der Waals surface area contributed by atoms with Crippen molar-refractivity contribution in [2.75, 3.05) is 0 Å². The van der Waals surface area contributed by atoms with Crippen LogP contribution in [0.4, 0.5) is 0 Å². The summed E-state index contributed by atoms with van der Waals surface area (Å²) in [4.78, 5) is 12.9. The van der Waals surface area contributed by atoms with Gasteiger partial charge in [0.05, 0.1) is 0 Å². The van der Waals surface area contributed by atoms with Crippen LogP contribution < -0.4 is 0 Å². The van der Waals surface area contributed by atoms with E-state index in [9.17, 15) is 15.0 Å². The average molecular weight is 316 g/mol. The zero-order valence-electron chi connectivity index (χ0n) is 14.8. The zero-order valence-corrected chi connectivity index (χ0v) is 14.8. The summed E-state index contributed by atoms with van der Waals surface area (Å²) in [7, 11) is 0. The van der Waals surface area contributed by atoms with Crippen LogP contribution in [0.2, 0.25) is 0 Å². The molecule has 1 aromatic rings.